The van der Waals surface area contributed by atoms with Gasteiger partial charge in [-0.3, -0.25) is 4.79 Å². The van der Waals surface area contributed by atoms with Crippen molar-refractivity contribution in [3.8, 4) is 0 Å². The summed E-state index contributed by atoms with van der Waals surface area (Å²) in [4.78, 5) is 16.9. The third-order valence-corrected chi connectivity index (χ3v) is 4.39. The SMILES string of the molecule is CC1(C)CC(=O)c2c(ncn2C2CCCCC2)C1. The lowest BCUT2D eigenvalue weighted by Gasteiger charge is -2.30. The minimum absolute atomic E-state index is 0.0792. The molecule has 3 nitrogen and oxygen atoms in total. The van der Waals surface area contributed by atoms with Gasteiger partial charge in [0, 0.05) is 12.5 Å². The first-order valence-electron chi connectivity index (χ1n) is 7.16. The average molecular weight is 246 g/mol. The van der Waals surface area contributed by atoms with Crippen LogP contribution in [0.1, 0.15) is 74.6 Å². The maximum absolute atomic E-state index is 12.4. The number of rotatable bonds is 1. The van der Waals surface area contributed by atoms with E-state index in [0.29, 0.717) is 18.2 Å². The largest absolute Gasteiger partial charge is 0.325 e. The second-order valence-corrected chi connectivity index (χ2v) is 6.68. The number of aromatic nitrogens is 2. The van der Waals surface area contributed by atoms with Crippen LogP contribution in [0.3, 0.4) is 0 Å². The molecule has 1 heterocycles. The summed E-state index contributed by atoms with van der Waals surface area (Å²) in [5.41, 5.74) is 2.03. The van der Waals surface area contributed by atoms with E-state index in [1.54, 1.807) is 0 Å². The highest BCUT2D eigenvalue weighted by atomic mass is 16.1. The molecular formula is C15H22N2O. The van der Waals surface area contributed by atoms with Gasteiger partial charge in [0.05, 0.1) is 12.0 Å². The molecule has 0 unspecified atom stereocenters. The highest BCUT2D eigenvalue weighted by molar-refractivity contribution is 5.97. The Morgan fingerprint density at radius 3 is 2.67 bits per heavy atom. The van der Waals surface area contributed by atoms with Crippen molar-refractivity contribution in [1.29, 1.82) is 0 Å². The lowest BCUT2D eigenvalue weighted by molar-refractivity contribution is 0.0896. The van der Waals surface area contributed by atoms with Crippen LogP contribution < -0.4 is 0 Å². The van der Waals surface area contributed by atoms with Crippen LogP contribution in [0, 0.1) is 5.41 Å². The van der Waals surface area contributed by atoms with Crippen molar-refractivity contribution in [3.63, 3.8) is 0 Å². The molecule has 2 aliphatic carbocycles. The van der Waals surface area contributed by atoms with Crippen molar-refractivity contribution in [2.45, 2.75) is 64.8 Å². The van der Waals surface area contributed by atoms with Crippen molar-refractivity contribution in [3.05, 3.63) is 17.7 Å². The predicted molar refractivity (Wildman–Crippen MR) is 70.8 cm³/mol. The Hall–Kier alpha value is -1.12. The Morgan fingerprint density at radius 1 is 1.22 bits per heavy atom. The fraction of sp³-hybridized carbons (Fsp3) is 0.733. The van der Waals surface area contributed by atoms with Crippen LogP contribution in [-0.2, 0) is 6.42 Å². The van der Waals surface area contributed by atoms with Crippen LogP contribution in [-0.4, -0.2) is 15.3 Å². The van der Waals surface area contributed by atoms with E-state index in [9.17, 15) is 4.79 Å². The first kappa shape index (κ1) is 11.9. The molecule has 0 radical (unpaired) electrons. The van der Waals surface area contributed by atoms with Crippen LogP contribution in [0.4, 0.5) is 0 Å². The van der Waals surface area contributed by atoms with Crippen LogP contribution in [0.25, 0.3) is 0 Å². The van der Waals surface area contributed by atoms with Gasteiger partial charge in [0.2, 0.25) is 0 Å². The molecule has 1 saturated carbocycles. The van der Waals surface area contributed by atoms with Crippen LogP contribution in [0.2, 0.25) is 0 Å². The topological polar surface area (TPSA) is 34.9 Å². The summed E-state index contributed by atoms with van der Waals surface area (Å²) in [6.07, 6.45) is 9.86. The Morgan fingerprint density at radius 2 is 1.94 bits per heavy atom. The van der Waals surface area contributed by atoms with Crippen LogP contribution in [0.15, 0.2) is 6.33 Å². The first-order chi connectivity index (χ1) is 8.57. The molecule has 98 valence electrons. The van der Waals surface area contributed by atoms with Crippen molar-refractivity contribution < 1.29 is 4.79 Å². The number of carbonyl (C=O) groups excluding carboxylic acids is 1. The lowest BCUT2D eigenvalue weighted by atomic mass is 9.77. The number of imidazole rings is 1. The van der Waals surface area contributed by atoms with Gasteiger partial charge in [0.15, 0.2) is 5.78 Å². The van der Waals surface area contributed by atoms with E-state index >= 15 is 0 Å². The maximum atomic E-state index is 12.4. The van der Waals surface area contributed by atoms with Crippen molar-refractivity contribution >= 4 is 5.78 Å². The van der Waals surface area contributed by atoms with Gasteiger partial charge < -0.3 is 4.57 Å². The molecule has 0 saturated heterocycles. The summed E-state index contributed by atoms with van der Waals surface area (Å²) < 4.78 is 2.19. The van der Waals surface area contributed by atoms with E-state index in [1.807, 2.05) is 6.33 Å². The Balaban J connectivity index is 1.95. The standard InChI is InChI=1S/C15H22N2O/c1-15(2)8-12-14(13(18)9-15)17(10-16-12)11-6-4-3-5-7-11/h10-11H,3-9H2,1-2H3. The number of nitrogens with zero attached hydrogens (tertiary/aromatic N) is 2. The second kappa shape index (κ2) is 4.22. The van der Waals surface area contributed by atoms with Gasteiger partial charge in [-0.25, -0.2) is 4.98 Å². The van der Waals surface area contributed by atoms with E-state index < -0.39 is 0 Å². The summed E-state index contributed by atoms with van der Waals surface area (Å²) in [5.74, 6) is 0.296. The van der Waals surface area contributed by atoms with Crippen LogP contribution in [0.5, 0.6) is 0 Å². The van der Waals surface area contributed by atoms with Gasteiger partial charge in [-0.05, 0) is 24.7 Å². The zero-order valence-electron chi connectivity index (χ0n) is 11.4. The van der Waals surface area contributed by atoms with E-state index in [-0.39, 0.29) is 5.41 Å². The minimum atomic E-state index is 0.0792. The van der Waals surface area contributed by atoms with Gasteiger partial charge in [-0.15, -0.1) is 0 Å². The molecule has 1 aromatic rings. The molecule has 0 aliphatic heterocycles. The van der Waals surface area contributed by atoms with Gasteiger partial charge in [0.1, 0.15) is 5.69 Å². The van der Waals surface area contributed by atoms with Crippen LogP contribution >= 0.6 is 0 Å². The van der Waals surface area contributed by atoms with Crippen molar-refractivity contribution in [2.75, 3.05) is 0 Å². The summed E-state index contributed by atoms with van der Waals surface area (Å²) in [7, 11) is 0. The average Bonchev–Trinajstić information content (AvgIpc) is 2.72. The number of Topliss-reactive ketones (excluding diaryl/α,β-unsaturated/α-hetero) is 1. The Bertz CT molecular complexity index is 467. The molecular weight excluding hydrogens is 224 g/mol. The quantitative estimate of drug-likeness (QED) is 0.759. The molecule has 3 rings (SSSR count). The highest BCUT2D eigenvalue weighted by Crippen LogP contribution is 2.37. The van der Waals surface area contributed by atoms with Gasteiger partial charge >= 0.3 is 0 Å². The second-order valence-electron chi connectivity index (χ2n) is 6.68. The van der Waals surface area contributed by atoms with Gasteiger partial charge in [0.25, 0.3) is 0 Å². The number of carbonyl (C=O) groups is 1. The molecule has 0 spiro atoms. The first-order valence-corrected chi connectivity index (χ1v) is 7.16. The smallest absolute Gasteiger partial charge is 0.181 e. The predicted octanol–water partition coefficient (Wildman–Crippen LogP) is 3.54. The third-order valence-electron chi connectivity index (χ3n) is 4.39. The fourth-order valence-electron chi connectivity index (χ4n) is 3.50. The monoisotopic (exact) mass is 246 g/mol. The Labute approximate surface area is 109 Å². The van der Waals surface area contributed by atoms with Crippen molar-refractivity contribution in [2.24, 2.45) is 5.41 Å². The fourth-order valence-corrected chi connectivity index (χ4v) is 3.50. The van der Waals surface area contributed by atoms with E-state index in [4.69, 9.17) is 0 Å². The molecule has 0 bridgehead atoms. The number of hydrogen-bond acceptors (Lipinski definition) is 2. The summed E-state index contributed by atoms with van der Waals surface area (Å²) >= 11 is 0. The molecule has 1 fully saturated rings. The number of fused-ring (bicyclic) bond motifs is 1. The summed E-state index contributed by atoms with van der Waals surface area (Å²) in [5, 5.41) is 0. The van der Waals surface area contributed by atoms with E-state index in [2.05, 4.69) is 23.4 Å². The molecule has 0 amide bonds. The molecule has 0 N–H and O–H groups in total. The molecule has 18 heavy (non-hydrogen) atoms. The van der Waals surface area contributed by atoms with E-state index in [0.717, 1.165) is 17.8 Å². The normalized spacial score (nSPS) is 24.0. The third kappa shape index (κ3) is 2.00. The van der Waals surface area contributed by atoms with E-state index in [1.165, 1.54) is 32.1 Å². The Kier molecular flexibility index (Phi) is 2.80. The minimum Gasteiger partial charge on any atom is -0.325 e. The molecule has 0 atom stereocenters. The van der Waals surface area contributed by atoms with Gasteiger partial charge in [-0.1, -0.05) is 33.1 Å². The molecule has 0 aromatic carbocycles. The molecule has 3 heteroatoms. The number of ketones is 1. The highest BCUT2D eigenvalue weighted by Gasteiger charge is 2.35. The van der Waals surface area contributed by atoms with Gasteiger partial charge in [-0.2, -0.15) is 0 Å². The maximum Gasteiger partial charge on any atom is 0.181 e. The summed E-state index contributed by atoms with van der Waals surface area (Å²) in [6.45, 7) is 4.32. The number of hydrogen-bond donors (Lipinski definition) is 0. The zero-order valence-corrected chi connectivity index (χ0v) is 11.4. The lowest BCUT2D eigenvalue weighted by Crippen LogP contribution is -2.29. The van der Waals surface area contributed by atoms with Crippen molar-refractivity contribution in [1.82, 2.24) is 9.55 Å². The molecule has 2 aliphatic rings. The molecule has 1 aromatic heterocycles. The summed E-state index contributed by atoms with van der Waals surface area (Å²) in [6, 6.07) is 0.514. The zero-order chi connectivity index (χ0) is 12.8.